The molecular formula is C19H22FNO2. The molecule has 0 aromatic heterocycles. The fourth-order valence-corrected chi connectivity index (χ4v) is 2.21. The van der Waals surface area contributed by atoms with Gasteiger partial charge >= 0.3 is 0 Å². The zero-order chi connectivity index (χ0) is 16.5. The molecule has 0 heterocycles. The predicted octanol–water partition coefficient (Wildman–Crippen LogP) is 3.73. The van der Waals surface area contributed by atoms with Crippen LogP contribution < -0.4 is 14.8 Å². The molecule has 3 nitrogen and oxygen atoms in total. The summed E-state index contributed by atoms with van der Waals surface area (Å²) in [4.78, 5) is 0. The summed E-state index contributed by atoms with van der Waals surface area (Å²) in [5.74, 6) is 1.22. The van der Waals surface area contributed by atoms with Gasteiger partial charge in [0.25, 0.3) is 0 Å². The molecule has 0 atom stereocenters. The molecule has 0 saturated heterocycles. The van der Waals surface area contributed by atoms with Crippen molar-refractivity contribution in [3.8, 4) is 11.5 Å². The molecule has 0 aliphatic rings. The number of hydrogen-bond acceptors (Lipinski definition) is 3. The van der Waals surface area contributed by atoms with Gasteiger partial charge in [0.2, 0.25) is 0 Å². The summed E-state index contributed by atoms with van der Waals surface area (Å²) in [6, 6.07) is 12.5. The average molecular weight is 315 g/mol. The highest BCUT2D eigenvalue weighted by atomic mass is 19.1. The first-order valence-electron chi connectivity index (χ1n) is 7.58. The average Bonchev–Trinajstić information content (AvgIpc) is 2.58. The van der Waals surface area contributed by atoms with E-state index in [0.29, 0.717) is 18.1 Å². The van der Waals surface area contributed by atoms with E-state index in [1.807, 2.05) is 30.3 Å². The molecule has 0 bridgehead atoms. The van der Waals surface area contributed by atoms with Crippen LogP contribution >= 0.6 is 0 Å². The summed E-state index contributed by atoms with van der Waals surface area (Å²) < 4.78 is 23.7. The van der Waals surface area contributed by atoms with Crippen molar-refractivity contribution in [2.75, 3.05) is 20.3 Å². The smallest absolute Gasteiger partial charge is 0.161 e. The lowest BCUT2D eigenvalue weighted by atomic mass is 10.1. The third kappa shape index (κ3) is 5.42. The Labute approximate surface area is 136 Å². The van der Waals surface area contributed by atoms with Gasteiger partial charge in [-0.2, -0.15) is 0 Å². The lowest BCUT2D eigenvalue weighted by Crippen LogP contribution is -2.16. The number of benzene rings is 2. The van der Waals surface area contributed by atoms with E-state index in [2.05, 4.69) is 11.9 Å². The molecule has 2 aromatic carbocycles. The summed E-state index contributed by atoms with van der Waals surface area (Å²) >= 11 is 0. The standard InChI is InChI=1S/C19H22FNO2/c1-3-12-23-18-9-6-16(13-19(18)22-2)14-21-11-10-15-4-7-17(20)8-5-15/h3-9,13,21H,1,10-12,14H2,2H3. The van der Waals surface area contributed by atoms with Gasteiger partial charge in [0.15, 0.2) is 11.5 Å². The van der Waals surface area contributed by atoms with E-state index in [-0.39, 0.29) is 5.82 Å². The van der Waals surface area contributed by atoms with Crippen LogP contribution in [0.2, 0.25) is 0 Å². The third-order valence-corrected chi connectivity index (χ3v) is 3.42. The molecule has 0 unspecified atom stereocenters. The van der Waals surface area contributed by atoms with Crippen LogP contribution in [0.5, 0.6) is 11.5 Å². The van der Waals surface area contributed by atoms with Crippen LogP contribution in [-0.2, 0) is 13.0 Å². The van der Waals surface area contributed by atoms with Crippen LogP contribution in [0.15, 0.2) is 55.1 Å². The van der Waals surface area contributed by atoms with E-state index in [4.69, 9.17) is 9.47 Å². The number of rotatable bonds is 9. The van der Waals surface area contributed by atoms with Gasteiger partial charge < -0.3 is 14.8 Å². The van der Waals surface area contributed by atoms with Gasteiger partial charge in [-0.15, -0.1) is 0 Å². The molecule has 122 valence electrons. The summed E-state index contributed by atoms with van der Waals surface area (Å²) in [6.45, 7) is 5.64. The lowest BCUT2D eigenvalue weighted by Gasteiger charge is -2.11. The zero-order valence-corrected chi connectivity index (χ0v) is 13.3. The largest absolute Gasteiger partial charge is 0.493 e. The van der Waals surface area contributed by atoms with E-state index in [1.165, 1.54) is 12.1 Å². The van der Waals surface area contributed by atoms with Crippen molar-refractivity contribution < 1.29 is 13.9 Å². The maximum Gasteiger partial charge on any atom is 0.161 e. The van der Waals surface area contributed by atoms with E-state index >= 15 is 0 Å². The molecule has 2 rings (SSSR count). The number of hydrogen-bond donors (Lipinski definition) is 1. The van der Waals surface area contributed by atoms with Crippen LogP contribution in [0.1, 0.15) is 11.1 Å². The SMILES string of the molecule is C=CCOc1ccc(CNCCc2ccc(F)cc2)cc1OC. The van der Waals surface area contributed by atoms with E-state index in [1.54, 1.807) is 13.2 Å². The Balaban J connectivity index is 1.83. The van der Waals surface area contributed by atoms with Crippen molar-refractivity contribution in [3.05, 3.63) is 72.1 Å². The van der Waals surface area contributed by atoms with Crippen LogP contribution in [0.4, 0.5) is 4.39 Å². The number of halogens is 1. The Kier molecular flexibility index (Phi) is 6.63. The molecule has 23 heavy (non-hydrogen) atoms. The highest BCUT2D eigenvalue weighted by Gasteiger charge is 2.05. The molecule has 0 fully saturated rings. The van der Waals surface area contributed by atoms with Gasteiger partial charge in [0.1, 0.15) is 12.4 Å². The topological polar surface area (TPSA) is 30.5 Å². The molecule has 0 saturated carbocycles. The molecule has 1 N–H and O–H groups in total. The van der Waals surface area contributed by atoms with Crippen molar-refractivity contribution >= 4 is 0 Å². The second-order valence-electron chi connectivity index (χ2n) is 5.14. The first-order chi connectivity index (χ1) is 11.2. The van der Waals surface area contributed by atoms with Gasteiger partial charge in [0, 0.05) is 6.54 Å². The quantitative estimate of drug-likeness (QED) is 0.565. The van der Waals surface area contributed by atoms with E-state index in [9.17, 15) is 4.39 Å². The Hall–Kier alpha value is -2.33. The van der Waals surface area contributed by atoms with Crippen molar-refractivity contribution in [2.24, 2.45) is 0 Å². The number of methoxy groups -OCH3 is 1. The van der Waals surface area contributed by atoms with Crippen molar-refractivity contribution in [1.82, 2.24) is 5.32 Å². The lowest BCUT2D eigenvalue weighted by molar-refractivity contribution is 0.326. The minimum Gasteiger partial charge on any atom is -0.493 e. The molecular weight excluding hydrogens is 293 g/mol. The zero-order valence-electron chi connectivity index (χ0n) is 13.3. The fraction of sp³-hybridized carbons (Fsp3) is 0.263. The summed E-state index contributed by atoms with van der Waals surface area (Å²) in [7, 11) is 1.63. The maximum absolute atomic E-state index is 12.8. The molecule has 0 spiro atoms. The minimum absolute atomic E-state index is 0.201. The fourth-order valence-electron chi connectivity index (χ4n) is 2.21. The first-order valence-corrected chi connectivity index (χ1v) is 7.58. The van der Waals surface area contributed by atoms with Crippen molar-refractivity contribution in [3.63, 3.8) is 0 Å². The Morgan fingerprint density at radius 2 is 1.83 bits per heavy atom. The highest BCUT2D eigenvalue weighted by molar-refractivity contribution is 5.43. The van der Waals surface area contributed by atoms with Crippen molar-refractivity contribution in [1.29, 1.82) is 0 Å². The summed E-state index contributed by atoms with van der Waals surface area (Å²) in [5, 5.41) is 3.37. The van der Waals surface area contributed by atoms with E-state index in [0.717, 1.165) is 30.6 Å². The van der Waals surface area contributed by atoms with Gasteiger partial charge in [-0.05, 0) is 48.4 Å². The number of ether oxygens (including phenoxy) is 2. The van der Waals surface area contributed by atoms with Crippen LogP contribution in [0.3, 0.4) is 0 Å². The molecule has 0 radical (unpaired) electrons. The van der Waals surface area contributed by atoms with Gasteiger partial charge in [-0.25, -0.2) is 4.39 Å². The van der Waals surface area contributed by atoms with E-state index < -0.39 is 0 Å². The third-order valence-electron chi connectivity index (χ3n) is 3.42. The van der Waals surface area contributed by atoms with Crippen molar-refractivity contribution in [2.45, 2.75) is 13.0 Å². The molecule has 0 aliphatic heterocycles. The maximum atomic E-state index is 12.8. The Morgan fingerprint density at radius 3 is 2.52 bits per heavy atom. The van der Waals surface area contributed by atoms with Crippen LogP contribution in [-0.4, -0.2) is 20.3 Å². The molecule has 0 amide bonds. The van der Waals surface area contributed by atoms with Gasteiger partial charge in [-0.1, -0.05) is 30.9 Å². The summed E-state index contributed by atoms with van der Waals surface area (Å²) in [6.07, 6.45) is 2.56. The number of nitrogens with one attached hydrogen (secondary N) is 1. The minimum atomic E-state index is -0.201. The second-order valence-corrected chi connectivity index (χ2v) is 5.14. The normalized spacial score (nSPS) is 10.3. The van der Waals surface area contributed by atoms with Crippen LogP contribution in [0, 0.1) is 5.82 Å². The molecule has 2 aromatic rings. The Morgan fingerprint density at radius 1 is 1.09 bits per heavy atom. The highest BCUT2D eigenvalue weighted by Crippen LogP contribution is 2.28. The second kappa shape index (κ2) is 8.96. The first kappa shape index (κ1) is 17.0. The van der Waals surface area contributed by atoms with Gasteiger partial charge in [-0.3, -0.25) is 0 Å². The predicted molar refractivity (Wildman–Crippen MR) is 90.5 cm³/mol. The summed E-state index contributed by atoms with van der Waals surface area (Å²) in [5.41, 5.74) is 2.23. The monoisotopic (exact) mass is 315 g/mol. The van der Waals surface area contributed by atoms with Crippen LogP contribution in [0.25, 0.3) is 0 Å². The molecule has 0 aliphatic carbocycles. The van der Waals surface area contributed by atoms with Gasteiger partial charge in [0.05, 0.1) is 7.11 Å². The molecule has 4 heteroatoms. The Bertz CT molecular complexity index is 626.